The molecule has 0 aromatic heterocycles. The van der Waals surface area contributed by atoms with Crippen LogP contribution >= 0.6 is 0 Å². The molecule has 126 valence electrons. The standard InChI is InChI=1S/C19H21FN2O2/c1-24-17-10-4-14(5-11-17)18-3-2-12-22(18)13-19(23)21-16-8-6-15(20)7-9-16/h4-11,18H,2-3,12-13H2,1H3,(H,21,23). The van der Waals surface area contributed by atoms with Crippen molar-refractivity contribution in [3.63, 3.8) is 0 Å². The second-order valence-corrected chi connectivity index (χ2v) is 5.96. The lowest BCUT2D eigenvalue weighted by molar-refractivity contribution is -0.117. The third kappa shape index (κ3) is 3.92. The van der Waals surface area contributed by atoms with Gasteiger partial charge in [0.1, 0.15) is 11.6 Å². The largest absolute Gasteiger partial charge is 0.497 e. The van der Waals surface area contributed by atoms with Crippen molar-refractivity contribution in [2.24, 2.45) is 0 Å². The lowest BCUT2D eigenvalue weighted by atomic mass is 10.0. The molecule has 0 saturated carbocycles. The van der Waals surface area contributed by atoms with Crippen molar-refractivity contribution in [2.75, 3.05) is 25.5 Å². The number of hydrogen-bond acceptors (Lipinski definition) is 3. The fraction of sp³-hybridized carbons (Fsp3) is 0.316. The minimum absolute atomic E-state index is 0.0815. The van der Waals surface area contributed by atoms with Crippen LogP contribution in [0.25, 0.3) is 0 Å². The number of ether oxygens (including phenoxy) is 1. The molecule has 2 aromatic carbocycles. The lowest BCUT2D eigenvalue weighted by Crippen LogP contribution is -2.32. The van der Waals surface area contributed by atoms with Gasteiger partial charge in [0.2, 0.25) is 5.91 Å². The zero-order valence-electron chi connectivity index (χ0n) is 13.7. The van der Waals surface area contributed by atoms with Crippen molar-refractivity contribution < 1.29 is 13.9 Å². The Balaban J connectivity index is 1.62. The van der Waals surface area contributed by atoms with Crippen molar-refractivity contribution >= 4 is 11.6 Å². The minimum Gasteiger partial charge on any atom is -0.497 e. The van der Waals surface area contributed by atoms with E-state index in [1.54, 1.807) is 19.2 Å². The Hall–Kier alpha value is -2.40. The van der Waals surface area contributed by atoms with Gasteiger partial charge in [0, 0.05) is 11.7 Å². The van der Waals surface area contributed by atoms with E-state index in [4.69, 9.17) is 4.74 Å². The van der Waals surface area contributed by atoms with E-state index in [0.717, 1.165) is 25.1 Å². The molecular weight excluding hydrogens is 307 g/mol. The number of hydrogen-bond donors (Lipinski definition) is 1. The summed E-state index contributed by atoms with van der Waals surface area (Å²) in [6, 6.07) is 14.1. The number of halogens is 1. The van der Waals surface area contributed by atoms with Gasteiger partial charge in [-0.25, -0.2) is 4.39 Å². The van der Waals surface area contributed by atoms with Crippen LogP contribution in [0.2, 0.25) is 0 Å². The number of rotatable bonds is 5. The summed E-state index contributed by atoms with van der Waals surface area (Å²) in [5, 5.41) is 2.82. The molecule has 1 atom stereocenters. The molecule has 0 spiro atoms. The third-order valence-electron chi connectivity index (χ3n) is 4.34. The Labute approximate surface area is 141 Å². The average Bonchev–Trinajstić information content (AvgIpc) is 3.05. The highest BCUT2D eigenvalue weighted by molar-refractivity contribution is 5.92. The van der Waals surface area contributed by atoms with Crippen LogP contribution in [0.3, 0.4) is 0 Å². The molecule has 5 heteroatoms. The monoisotopic (exact) mass is 328 g/mol. The van der Waals surface area contributed by atoms with Crippen LogP contribution in [0.4, 0.5) is 10.1 Å². The van der Waals surface area contributed by atoms with Crippen LogP contribution in [0.1, 0.15) is 24.4 Å². The van der Waals surface area contributed by atoms with Crippen molar-refractivity contribution in [1.29, 1.82) is 0 Å². The first-order chi connectivity index (χ1) is 11.7. The molecule has 2 aromatic rings. The van der Waals surface area contributed by atoms with Crippen LogP contribution in [-0.2, 0) is 4.79 Å². The Morgan fingerprint density at radius 3 is 2.58 bits per heavy atom. The van der Waals surface area contributed by atoms with Gasteiger partial charge in [-0.3, -0.25) is 9.69 Å². The maximum Gasteiger partial charge on any atom is 0.238 e. The molecule has 0 radical (unpaired) electrons. The van der Waals surface area contributed by atoms with Crippen molar-refractivity contribution in [3.05, 3.63) is 59.9 Å². The zero-order valence-corrected chi connectivity index (χ0v) is 13.7. The van der Waals surface area contributed by atoms with Crippen LogP contribution in [-0.4, -0.2) is 31.0 Å². The highest BCUT2D eigenvalue weighted by Gasteiger charge is 2.27. The van der Waals surface area contributed by atoms with Gasteiger partial charge < -0.3 is 10.1 Å². The maximum absolute atomic E-state index is 12.9. The number of carbonyl (C=O) groups is 1. The molecule has 0 aliphatic carbocycles. The number of anilines is 1. The Morgan fingerprint density at radius 2 is 1.92 bits per heavy atom. The van der Waals surface area contributed by atoms with Crippen molar-refractivity contribution in [1.82, 2.24) is 4.90 Å². The van der Waals surface area contributed by atoms with Gasteiger partial charge >= 0.3 is 0 Å². The first-order valence-electron chi connectivity index (χ1n) is 8.09. The second kappa shape index (κ2) is 7.45. The summed E-state index contributed by atoms with van der Waals surface area (Å²) in [5.74, 6) is 0.437. The minimum atomic E-state index is -0.313. The number of amides is 1. The van der Waals surface area contributed by atoms with E-state index in [1.807, 2.05) is 12.1 Å². The molecule has 1 unspecified atom stereocenters. The number of carbonyl (C=O) groups excluding carboxylic acids is 1. The number of benzene rings is 2. The van der Waals surface area contributed by atoms with Crippen LogP contribution in [0.15, 0.2) is 48.5 Å². The van der Waals surface area contributed by atoms with E-state index in [0.29, 0.717) is 12.2 Å². The van der Waals surface area contributed by atoms with Gasteiger partial charge in [0.15, 0.2) is 0 Å². The summed E-state index contributed by atoms with van der Waals surface area (Å²) in [4.78, 5) is 14.4. The van der Waals surface area contributed by atoms with E-state index in [2.05, 4.69) is 22.3 Å². The molecule has 1 amide bonds. The Morgan fingerprint density at radius 1 is 1.21 bits per heavy atom. The molecule has 4 nitrogen and oxygen atoms in total. The Bertz CT molecular complexity index is 686. The Kier molecular flexibility index (Phi) is 5.11. The predicted molar refractivity (Wildman–Crippen MR) is 91.6 cm³/mol. The molecule has 1 fully saturated rings. The van der Waals surface area contributed by atoms with Gasteiger partial charge in [-0.1, -0.05) is 12.1 Å². The van der Waals surface area contributed by atoms with Gasteiger partial charge in [-0.05, 0) is 61.3 Å². The summed E-state index contributed by atoms with van der Waals surface area (Å²) in [6.07, 6.45) is 2.11. The summed E-state index contributed by atoms with van der Waals surface area (Å²) >= 11 is 0. The smallest absolute Gasteiger partial charge is 0.238 e. The van der Waals surface area contributed by atoms with E-state index in [1.165, 1.54) is 17.7 Å². The second-order valence-electron chi connectivity index (χ2n) is 5.96. The summed E-state index contributed by atoms with van der Waals surface area (Å²) < 4.78 is 18.1. The number of methoxy groups -OCH3 is 1. The maximum atomic E-state index is 12.9. The SMILES string of the molecule is COc1ccc(C2CCCN2CC(=O)Nc2ccc(F)cc2)cc1. The third-order valence-corrected chi connectivity index (χ3v) is 4.34. The quantitative estimate of drug-likeness (QED) is 0.912. The predicted octanol–water partition coefficient (Wildman–Crippen LogP) is 3.61. The first kappa shape index (κ1) is 16.5. The molecule has 0 bridgehead atoms. The molecule has 1 N–H and O–H groups in total. The van der Waals surface area contributed by atoms with Gasteiger partial charge in [-0.2, -0.15) is 0 Å². The summed E-state index contributed by atoms with van der Waals surface area (Å²) in [5.41, 5.74) is 1.81. The van der Waals surface area contributed by atoms with Gasteiger partial charge in [0.05, 0.1) is 13.7 Å². The molecule has 1 aliphatic heterocycles. The van der Waals surface area contributed by atoms with Gasteiger partial charge in [-0.15, -0.1) is 0 Å². The lowest BCUT2D eigenvalue weighted by Gasteiger charge is -2.24. The fourth-order valence-electron chi connectivity index (χ4n) is 3.14. The van der Waals surface area contributed by atoms with Crippen LogP contribution < -0.4 is 10.1 Å². The molecule has 1 aliphatic rings. The fourth-order valence-corrected chi connectivity index (χ4v) is 3.14. The first-order valence-corrected chi connectivity index (χ1v) is 8.09. The van der Waals surface area contributed by atoms with E-state index in [-0.39, 0.29) is 17.8 Å². The zero-order chi connectivity index (χ0) is 16.9. The normalized spacial score (nSPS) is 17.7. The van der Waals surface area contributed by atoms with Crippen molar-refractivity contribution in [3.8, 4) is 5.75 Å². The highest BCUT2D eigenvalue weighted by Crippen LogP contribution is 2.32. The van der Waals surface area contributed by atoms with Gasteiger partial charge in [0.25, 0.3) is 0 Å². The number of likely N-dealkylation sites (tertiary alicyclic amines) is 1. The number of nitrogens with one attached hydrogen (secondary N) is 1. The summed E-state index contributed by atoms with van der Waals surface area (Å²) in [7, 11) is 1.65. The molecule has 1 heterocycles. The number of nitrogens with zero attached hydrogens (tertiary/aromatic N) is 1. The van der Waals surface area contributed by atoms with Crippen LogP contribution in [0.5, 0.6) is 5.75 Å². The summed E-state index contributed by atoms with van der Waals surface area (Å²) in [6.45, 7) is 1.22. The van der Waals surface area contributed by atoms with E-state index >= 15 is 0 Å². The van der Waals surface area contributed by atoms with E-state index in [9.17, 15) is 9.18 Å². The average molecular weight is 328 g/mol. The topological polar surface area (TPSA) is 41.6 Å². The molecule has 1 saturated heterocycles. The van der Waals surface area contributed by atoms with Crippen molar-refractivity contribution in [2.45, 2.75) is 18.9 Å². The molecule has 24 heavy (non-hydrogen) atoms. The van der Waals surface area contributed by atoms with Crippen LogP contribution in [0, 0.1) is 5.82 Å². The molecular formula is C19H21FN2O2. The van der Waals surface area contributed by atoms with E-state index < -0.39 is 0 Å². The highest BCUT2D eigenvalue weighted by atomic mass is 19.1. The molecule has 3 rings (SSSR count).